The van der Waals surface area contributed by atoms with Gasteiger partial charge in [0.1, 0.15) is 16.6 Å². The molecule has 3 rings (SSSR count). The van der Waals surface area contributed by atoms with Crippen LogP contribution in [0.3, 0.4) is 0 Å². The summed E-state index contributed by atoms with van der Waals surface area (Å²) in [7, 11) is 1.65. The highest BCUT2D eigenvalue weighted by atomic mass is 16.5. The van der Waals surface area contributed by atoms with E-state index in [-0.39, 0.29) is 24.6 Å². The largest absolute Gasteiger partial charge is 0.465 e. The molecule has 28 heavy (non-hydrogen) atoms. The van der Waals surface area contributed by atoms with Gasteiger partial charge in [-0.2, -0.15) is 0 Å². The summed E-state index contributed by atoms with van der Waals surface area (Å²) in [4.78, 5) is 15.3. The van der Waals surface area contributed by atoms with E-state index in [4.69, 9.17) is 9.47 Å². The molecule has 1 saturated heterocycles. The number of esters is 1. The number of likely N-dealkylation sites (tertiary alicyclic amines) is 1. The van der Waals surface area contributed by atoms with Crippen LogP contribution in [0.2, 0.25) is 0 Å². The van der Waals surface area contributed by atoms with E-state index in [1.807, 2.05) is 0 Å². The third-order valence-corrected chi connectivity index (χ3v) is 7.06. The first-order valence-corrected chi connectivity index (χ1v) is 10.7. The fourth-order valence-electron chi connectivity index (χ4n) is 5.40. The number of rotatable bonds is 4. The SMILES string of the molecule is CCOC(=O)[C@]12CCC[C@H](CN(CC)C1)C2(O)C#C[C@]1(O)CCC[C@@H](OC)C1. The molecule has 3 aliphatic rings. The quantitative estimate of drug-likeness (QED) is 0.559. The van der Waals surface area contributed by atoms with Crippen molar-refractivity contribution in [3.63, 3.8) is 0 Å². The molecule has 158 valence electrons. The Morgan fingerprint density at radius 1 is 1.18 bits per heavy atom. The van der Waals surface area contributed by atoms with Crippen LogP contribution in [-0.2, 0) is 14.3 Å². The van der Waals surface area contributed by atoms with Crippen LogP contribution in [0.15, 0.2) is 0 Å². The fourth-order valence-corrected chi connectivity index (χ4v) is 5.40. The van der Waals surface area contributed by atoms with E-state index in [9.17, 15) is 15.0 Å². The van der Waals surface area contributed by atoms with Gasteiger partial charge in [0.15, 0.2) is 0 Å². The zero-order chi connectivity index (χ0) is 20.4. The van der Waals surface area contributed by atoms with Crippen LogP contribution >= 0.6 is 0 Å². The molecule has 3 fully saturated rings. The summed E-state index contributed by atoms with van der Waals surface area (Å²) in [6, 6.07) is 0. The molecule has 2 saturated carbocycles. The summed E-state index contributed by atoms with van der Waals surface area (Å²) < 4.78 is 10.8. The lowest BCUT2D eigenvalue weighted by molar-refractivity contribution is -0.199. The third-order valence-electron chi connectivity index (χ3n) is 7.06. The predicted octanol–water partition coefficient (Wildman–Crippen LogP) is 1.73. The zero-order valence-corrected chi connectivity index (χ0v) is 17.5. The Morgan fingerprint density at radius 2 is 1.93 bits per heavy atom. The van der Waals surface area contributed by atoms with Crippen LogP contribution in [0.5, 0.6) is 0 Å². The van der Waals surface area contributed by atoms with Crippen LogP contribution in [0.25, 0.3) is 0 Å². The number of ether oxygens (including phenoxy) is 2. The van der Waals surface area contributed by atoms with Gasteiger partial charge in [-0.15, -0.1) is 0 Å². The molecule has 2 bridgehead atoms. The van der Waals surface area contributed by atoms with Gasteiger partial charge < -0.3 is 24.6 Å². The molecule has 5 atom stereocenters. The summed E-state index contributed by atoms with van der Waals surface area (Å²) in [5.41, 5.74) is -3.71. The van der Waals surface area contributed by atoms with E-state index in [0.717, 1.165) is 32.2 Å². The summed E-state index contributed by atoms with van der Waals surface area (Å²) in [6.45, 7) is 6.11. The third kappa shape index (κ3) is 3.70. The highest BCUT2D eigenvalue weighted by molar-refractivity contribution is 5.80. The van der Waals surface area contributed by atoms with E-state index >= 15 is 0 Å². The van der Waals surface area contributed by atoms with Crippen LogP contribution in [0.1, 0.15) is 58.8 Å². The molecule has 0 aromatic carbocycles. The van der Waals surface area contributed by atoms with Crippen molar-refractivity contribution in [2.75, 3.05) is 33.4 Å². The van der Waals surface area contributed by atoms with Crippen LogP contribution in [0, 0.1) is 23.2 Å². The van der Waals surface area contributed by atoms with Gasteiger partial charge >= 0.3 is 5.97 Å². The Morgan fingerprint density at radius 3 is 2.61 bits per heavy atom. The van der Waals surface area contributed by atoms with Gasteiger partial charge in [0, 0.05) is 32.5 Å². The maximum atomic E-state index is 13.1. The Kier molecular flexibility index (Phi) is 6.41. The molecular formula is C22H35NO5. The molecule has 6 heteroatoms. The lowest BCUT2D eigenvalue weighted by Crippen LogP contribution is -2.69. The smallest absolute Gasteiger partial charge is 0.317 e. The molecule has 2 N–H and O–H groups in total. The number of nitrogens with zero attached hydrogens (tertiary/aromatic N) is 1. The van der Waals surface area contributed by atoms with Gasteiger partial charge in [0.05, 0.1) is 12.7 Å². The van der Waals surface area contributed by atoms with E-state index in [1.54, 1.807) is 14.0 Å². The lowest BCUT2D eigenvalue weighted by Gasteiger charge is -2.56. The molecule has 0 spiro atoms. The minimum atomic E-state index is -1.47. The predicted molar refractivity (Wildman–Crippen MR) is 105 cm³/mol. The van der Waals surface area contributed by atoms with Crippen molar-refractivity contribution < 1.29 is 24.5 Å². The average Bonchev–Trinajstić information content (AvgIpc) is 2.67. The highest BCUT2D eigenvalue weighted by Gasteiger charge is 2.64. The Hall–Kier alpha value is -1.13. The second kappa shape index (κ2) is 8.31. The van der Waals surface area contributed by atoms with Crippen LogP contribution in [0.4, 0.5) is 0 Å². The van der Waals surface area contributed by atoms with E-state index in [1.165, 1.54) is 0 Å². The zero-order valence-electron chi connectivity index (χ0n) is 17.5. The highest BCUT2D eigenvalue weighted by Crippen LogP contribution is 2.52. The number of carbonyl (C=O) groups is 1. The van der Waals surface area contributed by atoms with Crippen molar-refractivity contribution in [2.24, 2.45) is 11.3 Å². The van der Waals surface area contributed by atoms with E-state index < -0.39 is 16.6 Å². The topological polar surface area (TPSA) is 79.2 Å². The molecule has 0 aromatic heterocycles. The van der Waals surface area contributed by atoms with Gasteiger partial charge in [0.2, 0.25) is 0 Å². The summed E-state index contributed by atoms with van der Waals surface area (Å²) in [5.74, 6) is 5.57. The van der Waals surface area contributed by atoms with Crippen molar-refractivity contribution in [1.29, 1.82) is 0 Å². The Bertz CT molecular complexity index is 643. The fraction of sp³-hybridized carbons (Fsp3) is 0.864. The molecule has 6 nitrogen and oxygen atoms in total. The second-order valence-corrected chi connectivity index (χ2v) is 8.72. The first kappa shape index (κ1) is 21.6. The molecule has 0 amide bonds. The Balaban J connectivity index is 1.98. The van der Waals surface area contributed by atoms with Crippen molar-refractivity contribution in [2.45, 2.75) is 76.1 Å². The van der Waals surface area contributed by atoms with Gasteiger partial charge in [-0.05, 0) is 45.6 Å². The molecule has 1 heterocycles. The monoisotopic (exact) mass is 393 g/mol. The van der Waals surface area contributed by atoms with Crippen molar-refractivity contribution in [3.05, 3.63) is 0 Å². The maximum absolute atomic E-state index is 13.1. The Labute approximate surface area is 168 Å². The van der Waals surface area contributed by atoms with Gasteiger partial charge in [-0.25, -0.2) is 0 Å². The van der Waals surface area contributed by atoms with Crippen LogP contribution in [-0.4, -0.2) is 71.7 Å². The van der Waals surface area contributed by atoms with E-state index in [2.05, 4.69) is 23.7 Å². The van der Waals surface area contributed by atoms with Crippen molar-refractivity contribution in [3.8, 4) is 11.8 Å². The van der Waals surface area contributed by atoms with Crippen LogP contribution < -0.4 is 0 Å². The number of hydrogen-bond donors (Lipinski definition) is 2. The molecule has 1 unspecified atom stereocenters. The molecule has 1 aliphatic heterocycles. The summed E-state index contributed by atoms with van der Waals surface area (Å²) in [5, 5.41) is 22.9. The maximum Gasteiger partial charge on any atom is 0.317 e. The minimum Gasteiger partial charge on any atom is -0.465 e. The summed E-state index contributed by atoms with van der Waals surface area (Å²) in [6.07, 6.45) is 4.97. The van der Waals surface area contributed by atoms with Crippen molar-refractivity contribution in [1.82, 2.24) is 4.90 Å². The second-order valence-electron chi connectivity index (χ2n) is 8.72. The number of aliphatic hydroxyl groups is 2. The summed E-state index contributed by atoms with van der Waals surface area (Å²) >= 11 is 0. The average molecular weight is 394 g/mol. The molecule has 0 aromatic rings. The number of carbonyl (C=O) groups excluding carboxylic acids is 1. The number of piperidine rings is 1. The van der Waals surface area contributed by atoms with E-state index in [0.29, 0.717) is 32.4 Å². The standard InChI is InChI=1S/C22H35NO5/c1-4-23-15-17-8-6-11-21(16-23,19(24)28-5-2)22(17,26)13-12-20(25)10-7-9-18(14-20)27-3/h17-18,25-26H,4-11,14-16H2,1-3H3/t17-,18-,20-,21+,22?/m1/s1. The van der Waals surface area contributed by atoms with Gasteiger partial charge in [0.25, 0.3) is 0 Å². The van der Waals surface area contributed by atoms with Gasteiger partial charge in [-0.1, -0.05) is 25.2 Å². The molecular weight excluding hydrogens is 358 g/mol. The normalized spacial score (nSPS) is 41.0. The molecule has 0 radical (unpaired) electrons. The molecule has 2 aliphatic carbocycles. The first-order valence-electron chi connectivity index (χ1n) is 10.7. The number of methoxy groups -OCH3 is 1. The van der Waals surface area contributed by atoms with Crippen molar-refractivity contribution >= 4 is 5.97 Å². The first-order chi connectivity index (χ1) is 13.3. The van der Waals surface area contributed by atoms with Gasteiger partial charge in [-0.3, -0.25) is 4.79 Å². The minimum absolute atomic E-state index is 0.0249. The number of hydrogen-bond acceptors (Lipinski definition) is 6. The number of fused-ring (bicyclic) bond motifs is 2. The lowest BCUT2D eigenvalue weighted by atomic mass is 9.55.